The van der Waals surface area contributed by atoms with E-state index >= 15 is 0 Å². The van der Waals surface area contributed by atoms with E-state index in [0.717, 1.165) is 11.3 Å². The van der Waals surface area contributed by atoms with Gasteiger partial charge in [0.15, 0.2) is 0 Å². The van der Waals surface area contributed by atoms with Gasteiger partial charge in [0.2, 0.25) is 0 Å². The van der Waals surface area contributed by atoms with Crippen molar-refractivity contribution in [2.75, 3.05) is 12.3 Å². The van der Waals surface area contributed by atoms with Crippen LogP contribution in [0, 0.1) is 5.41 Å². The Labute approximate surface area is 157 Å². The van der Waals surface area contributed by atoms with E-state index in [1.807, 2.05) is 19.1 Å². The summed E-state index contributed by atoms with van der Waals surface area (Å²) in [5, 5.41) is 10.5. The van der Waals surface area contributed by atoms with Gasteiger partial charge in [-0.25, -0.2) is 0 Å². The van der Waals surface area contributed by atoms with E-state index in [1.165, 1.54) is 35.3 Å². The molecule has 0 radical (unpaired) electrons. The lowest BCUT2D eigenvalue weighted by Crippen LogP contribution is -2.24. The fourth-order valence-corrected chi connectivity index (χ4v) is 4.44. The van der Waals surface area contributed by atoms with E-state index in [9.17, 15) is 5.11 Å². The maximum Gasteiger partial charge on any atom is 0.0880 e. The highest BCUT2D eigenvalue weighted by atomic mass is 32.2. The third-order valence-corrected chi connectivity index (χ3v) is 6.21. The van der Waals surface area contributed by atoms with E-state index in [2.05, 4.69) is 45.1 Å². The monoisotopic (exact) mass is 359 g/mol. The SMILES string of the molecule is CC1=C(/C=C/CSc2cccc(C(C)(O)CCN)c2)C(C)(C)CCC1. The number of thioether (sulfide) groups is 1. The third-order valence-electron chi connectivity index (χ3n) is 5.26. The van der Waals surface area contributed by atoms with Crippen LogP contribution in [0.4, 0.5) is 0 Å². The molecule has 138 valence electrons. The quantitative estimate of drug-likeness (QED) is 0.639. The molecule has 0 saturated heterocycles. The van der Waals surface area contributed by atoms with Crippen LogP contribution in [-0.4, -0.2) is 17.4 Å². The van der Waals surface area contributed by atoms with Crippen LogP contribution in [-0.2, 0) is 5.60 Å². The summed E-state index contributed by atoms with van der Waals surface area (Å²) in [6.45, 7) is 9.30. The van der Waals surface area contributed by atoms with E-state index in [0.29, 0.717) is 18.4 Å². The molecule has 0 saturated carbocycles. The third kappa shape index (κ3) is 5.47. The topological polar surface area (TPSA) is 46.2 Å². The summed E-state index contributed by atoms with van der Waals surface area (Å²) in [6.07, 6.45) is 8.99. The second-order valence-corrected chi connectivity index (χ2v) is 9.08. The summed E-state index contributed by atoms with van der Waals surface area (Å²) in [5.41, 5.74) is 9.05. The minimum atomic E-state index is -0.852. The van der Waals surface area contributed by atoms with Crippen molar-refractivity contribution in [3.63, 3.8) is 0 Å². The summed E-state index contributed by atoms with van der Waals surface area (Å²) >= 11 is 1.81. The fourth-order valence-electron chi connectivity index (χ4n) is 3.67. The Morgan fingerprint density at radius 2 is 2.12 bits per heavy atom. The molecule has 3 N–H and O–H groups in total. The van der Waals surface area contributed by atoms with Gasteiger partial charge >= 0.3 is 0 Å². The van der Waals surface area contributed by atoms with Crippen molar-refractivity contribution in [3.8, 4) is 0 Å². The number of benzene rings is 1. The molecule has 0 heterocycles. The van der Waals surface area contributed by atoms with E-state index < -0.39 is 5.60 Å². The van der Waals surface area contributed by atoms with Crippen molar-refractivity contribution in [1.29, 1.82) is 0 Å². The van der Waals surface area contributed by atoms with Crippen LogP contribution in [0.25, 0.3) is 0 Å². The van der Waals surface area contributed by atoms with Crippen molar-refractivity contribution >= 4 is 11.8 Å². The van der Waals surface area contributed by atoms with Crippen molar-refractivity contribution in [3.05, 3.63) is 53.1 Å². The summed E-state index contributed by atoms with van der Waals surface area (Å²) in [6, 6.07) is 8.19. The number of hydrogen-bond donors (Lipinski definition) is 2. The lowest BCUT2D eigenvalue weighted by atomic mass is 9.73. The molecule has 3 heteroatoms. The van der Waals surface area contributed by atoms with E-state index in [-0.39, 0.29) is 0 Å². The van der Waals surface area contributed by atoms with Gasteiger partial charge in [-0.3, -0.25) is 0 Å². The maximum absolute atomic E-state index is 10.5. The second kappa shape index (κ2) is 8.57. The van der Waals surface area contributed by atoms with Gasteiger partial charge in [-0.1, -0.05) is 43.7 Å². The standard InChI is InChI=1S/C22H33NOS/c1-17-8-6-12-21(2,3)20(17)11-7-15-25-19-10-5-9-18(16-19)22(4,24)13-14-23/h5,7,9-11,16,24H,6,8,12-15,23H2,1-4H3/b11-7+. The predicted molar refractivity (Wildman–Crippen MR) is 110 cm³/mol. The lowest BCUT2D eigenvalue weighted by molar-refractivity contribution is 0.0502. The Hall–Kier alpha value is -1.03. The number of aliphatic hydroxyl groups is 1. The fraction of sp³-hybridized carbons (Fsp3) is 0.545. The van der Waals surface area contributed by atoms with Gasteiger partial charge in [0.25, 0.3) is 0 Å². The van der Waals surface area contributed by atoms with Gasteiger partial charge in [-0.05, 0) is 74.8 Å². The Balaban J connectivity index is 2.00. The molecular formula is C22H33NOS. The number of rotatable bonds is 7. The highest BCUT2D eigenvalue weighted by Gasteiger charge is 2.26. The molecule has 0 amide bonds. The van der Waals surface area contributed by atoms with E-state index in [4.69, 9.17) is 5.73 Å². The molecule has 1 aromatic carbocycles. The molecule has 0 spiro atoms. The number of nitrogens with two attached hydrogens (primary N) is 1. The van der Waals surface area contributed by atoms with Crippen LogP contribution in [0.5, 0.6) is 0 Å². The molecule has 0 aromatic heterocycles. The van der Waals surface area contributed by atoms with Gasteiger partial charge in [0.1, 0.15) is 0 Å². The highest BCUT2D eigenvalue weighted by molar-refractivity contribution is 7.99. The first-order valence-electron chi connectivity index (χ1n) is 9.29. The van der Waals surface area contributed by atoms with Crippen LogP contribution in [0.1, 0.15) is 58.9 Å². The minimum Gasteiger partial charge on any atom is -0.385 e. The van der Waals surface area contributed by atoms with Gasteiger partial charge in [0.05, 0.1) is 5.60 Å². The highest BCUT2D eigenvalue weighted by Crippen LogP contribution is 2.40. The lowest BCUT2D eigenvalue weighted by Gasteiger charge is -2.32. The molecule has 25 heavy (non-hydrogen) atoms. The van der Waals surface area contributed by atoms with Gasteiger partial charge in [-0.2, -0.15) is 0 Å². The molecule has 1 aromatic rings. The van der Waals surface area contributed by atoms with E-state index in [1.54, 1.807) is 11.8 Å². The zero-order chi connectivity index (χ0) is 18.5. The molecule has 2 nitrogen and oxygen atoms in total. The molecule has 1 atom stereocenters. The molecule has 1 aliphatic rings. The predicted octanol–water partition coefficient (Wildman–Crippen LogP) is 5.42. The molecule has 1 aliphatic carbocycles. The normalized spacial score (nSPS) is 20.1. The summed E-state index contributed by atoms with van der Waals surface area (Å²) in [4.78, 5) is 1.19. The average molecular weight is 360 g/mol. The molecule has 0 fully saturated rings. The average Bonchev–Trinajstić information content (AvgIpc) is 2.53. The number of allylic oxidation sites excluding steroid dienone is 3. The molecule has 0 bridgehead atoms. The molecule has 2 rings (SSSR count). The first-order chi connectivity index (χ1) is 11.8. The molecule has 1 unspecified atom stereocenters. The first-order valence-corrected chi connectivity index (χ1v) is 10.3. The van der Waals surface area contributed by atoms with Crippen LogP contribution >= 0.6 is 11.8 Å². The van der Waals surface area contributed by atoms with Crippen molar-refractivity contribution in [2.45, 2.75) is 63.9 Å². The van der Waals surface area contributed by atoms with Gasteiger partial charge in [0, 0.05) is 10.6 Å². The van der Waals surface area contributed by atoms with Gasteiger partial charge in [-0.15, -0.1) is 11.8 Å². The van der Waals surface area contributed by atoms with Crippen LogP contribution in [0.2, 0.25) is 0 Å². The van der Waals surface area contributed by atoms with Crippen LogP contribution < -0.4 is 5.73 Å². The maximum atomic E-state index is 10.5. The number of hydrogen-bond acceptors (Lipinski definition) is 3. The van der Waals surface area contributed by atoms with Crippen molar-refractivity contribution in [1.82, 2.24) is 0 Å². The minimum absolute atomic E-state index is 0.296. The molecular weight excluding hydrogens is 326 g/mol. The van der Waals surface area contributed by atoms with Gasteiger partial charge < -0.3 is 10.8 Å². The van der Waals surface area contributed by atoms with Crippen molar-refractivity contribution in [2.24, 2.45) is 11.1 Å². The Morgan fingerprint density at radius 1 is 1.36 bits per heavy atom. The largest absolute Gasteiger partial charge is 0.385 e. The second-order valence-electron chi connectivity index (χ2n) is 7.99. The summed E-state index contributed by atoms with van der Waals surface area (Å²) < 4.78 is 0. The smallest absolute Gasteiger partial charge is 0.0880 e. The Morgan fingerprint density at radius 3 is 2.80 bits per heavy atom. The Bertz CT molecular complexity index is 643. The molecule has 0 aliphatic heterocycles. The van der Waals surface area contributed by atoms with Crippen LogP contribution in [0.15, 0.2) is 52.5 Å². The zero-order valence-corrected chi connectivity index (χ0v) is 17.0. The first kappa shape index (κ1) is 20.3. The van der Waals surface area contributed by atoms with Crippen LogP contribution in [0.3, 0.4) is 0 Å². The van der Waals surface area contributed by atoms with Crippen molar-refractivity contribution < 1.29 is 5.11 Å². The summed E-state index contributed by atoms with van der Waals surface area (Å²) in [5.74, 6) is 0.940. The summed E-state index contributed by atoms with van der Waals surface area (Å²) in [7, 11) is 0. The zero-order valence-electron chi connectivity index (χ0n) is 16.1. The Kier molecular flexibility index (Phi) is 6.95.